The van der Waals surface area contributed by atoms with Crippen molar-refractivity contribution < 1.29 is 14.1 Å². The molecule has 2 heterocycles. The van der Waals surface area contributed by atoms with Crippen molar-refractivity contribution in [3.05, 3.63) is 65.7 Å². The fraction of sp³-hybridized carbons (Fsp3) is 0.385. The summed E-state index contributed by atoms with van der Waals surface area (Å²) in [5.41, 5.74) is 3.41. The molecule has 0 atom stereocenters. The molecule has 1 aliphatic heterocycles. The highest BCUT2D eigenvalue weighted by molar-refractivity contribution is 7.99. The summed E-state index contributed by atoms with van der Waals surface area (Å²) in [5, 5.41) is 4.47. The minimum absolute atomic E-state index is 0.00767. The molecule has 1 aromatic heterocycles. The molecule has 33 heavy (non-hydrogen) atoms. The Balaban J connectivity index is 1.70. The zero-order valence-corrected chi connectivity index (χ0v) is 20.3. The molecule has 0 radical (unpaired) electrons. The van der Waals surface area contributed by atoms with Crippen molar-refractivity contribution in [2.24, 2.45) is 5.92 Å². The van der Waals surface area contributed by atoms with Crippen molar-refractivity contribution in [3.8, 4) is 17.0 Å². The van der Waals surface area contributed by atoms with Gasteiger partial charge in [0.15, 0.2) is 0 Å². The predicted octanol–water partition coefficient (Wildman–Crippen LogP) is 5.20. The minimum Gasteiger partial charge on any atom is -0.497 e. The lowest BCUT2D eigenvalue weighted by atomic mass is 10.1. The van der Waals surface area contributed by atoms with E-state index in [1.807, 2.05) is 71.3 Å². The van der Waals surface area contributed by atoms with Crippen LogP contribution in [0.25, 0.3) is 11.3 Å². The number of anilines is 1. The van der Waals surface area contributed by atoms with Gasteiger partial charge in [-0.15, -0.1) is 0 Å². The molecule has 6 nitrogen and oxygen atoms in total. The van der Waals surface area contributed by atoms with E-state index in [1.54, 1.807) is 7.11 Å². The van der Waals surface area contributed by atoms with Gasteiger partial charge in [-0.2, -0.15) is 11.8 Å². The van der Waals surface area contributed by atoms with Gasteiger partial charge in [-0.3, -0.25) is 4.79 Å². The van der Waals surface area contributed by atoms with E-state index in [1.165, 1.54) is 0 Å². The molecule has 0 unspecified atom stereocenters. The molecule has 4 rings (SSSR count). The third-order valence-corrected chi connectivity index (χ3v) is 6.61. The highest BCUT2D eigenvalue weighted by atomic mass is 32.2. The summed E-state index contributed by atoms with van der Waals surface area (Å²) in [5.74, 6) is 3.94. The number of hydrogen-bond donors (Lipinski definition) is 0. The van der Waals surface area contributed by atoms with Gasteiger partial charge in [0.25, 0.3) is 5.91 Å². The molecule has 7 heteroatoms. The number of carbonyl (C=O) groups is 1. The van der Waals surface area contributed by atoms with E-state index in [-0.39, 0.29) is 5.91 Å². The van der Waals surface area contributed by atoms with E-state index >= 15 is 0 Å². The molecule has 1 saturated heterocycles. The molecule has 1 aliphatic rings. The summed E-state index contributed by atoms with van der Waals surface area (Å²) in [6.07, 6.45) is 0. The van der Waals surface area contributed by atoms with Crippen LogP contribution in [0.15, 0.2) is 59.1 Å². The van der Waals surface area contributed by atoms with E-state index < -0.39 is 0 Å². The second-order valence-electron chi connectivity index (χ2n) is 8.59. The third kappa shape index (κ3) is 5.53. The Morgan fingerprint density at radius 3 is 2.45 bits per heavy atom. The lowest BCUT2D eigenvalue weighted by Gasteiger charge is -2.29. The number of amides is 1. The van der Waals surface area contributed by atoms with Crippen LogP contribution in [0.4, 0.5) is 5.88 Å². The van der Waals surface area contributed by atoms with Crippen LogP contribution < -0.4 is 9.64 Å². The van der Waals surface area contributed by atoms with Gasteiger partial charge in [-0.1, -0.05) is 49.3 Å². The standard InChI is InChI=1S/C26H31N3O3S/c1-19(2)17-29(25(30)21-9-11-22(31-3)12-10-21)18-23-24(20-7-5-4-6-8-20)27-32-26(23)28-13-15-33-16-14-28/h4-12,19H,13-18H2,1-3H3. The minimum atomic E-state index is -0.00767. The predicted molar refractivity (Wildman–Crippen MR) is 134 cm³/mol. The molecule has 1 amide bonds. The van der Waals surface area contributed by atoms with Gasteiger partial charge in [0.2, 0.25) is 5.88 Å². The Morgan fingerprint density at radius 1 is 1.12 bits per heavy atom. The lowest BCUT2D eigenvalue weighted by Crippen LogP contribution is -2.36. The van der Waals surface area contributed by atoms with Crippen molar-refractivity contribution >= 4 is 23.6 Å². The average molecular weight is 466 g/mol. The smallest absolute Gasteiger partial charge is 0.254 e. The number of methoxy groups -OCH3 is 1. The van der Waals surface area contributed by atoms with Gasteiger partial charge in [0.05, 0.1) is 19.2 Å². The van der Waals surface area contributed by atoms with Crippen LogP contribution >= 0.6 is 11.8 Å². The third-order valence-electron chi connectivity index (χ3n) is 5.67. The molecular formula is C26H31N3O3S. The largest absolute Gasteiger partial charge is 0.497 e. The van der Waals surface area contributed by atoms with Crippen molar-refractivity contribution in [2.75, 3.05) is 43.1 Å². The van der Waals surface area contributed by atoms with Crippen LogP contribution in [0.3, 0.4) is 0 Å². The molecule has 0 saturated carbocycles. The summed E-state index contributed by atoms with van der Waals surface area (Å²) in [7, 11) is 1.62. The fourth-order valence-corrected chi connectivity index (χ4v) is 4.95. The van der Waals surface area contributed by atoms with Crippen LogP contribution in [0.2, 0.25) is 0 Å². The van der Waals surface area contributed by atoms with Crippen molar-refractivity contribution in [2.45, 2.75) is 20.4 Å². The molecule has 1 fully saturated rings. The van der Waals surface area contributed by atoms with E-state index in [9.17, 15) is 4.79 Å². The number of benzene rings is 2. The topological polar surface area (TPSA) is 58.8 Å². The van der Waals surface area contributed by atoms with Gasteiger partial charge >= 0.3 is 0 Å². The van der Waals surface area contributed by atoms with Gasteiger partial charge in [-0.25, -0.2) is 0 Å². The number of aromatic nitrogens is 1. The first-order chi connectivity index (χ1) is 16.1. The quantitative estimate of drug-likeness (QED) is 0.456. The number of nitrogens with zero attached hydrogens (tertiary/aromatic N) is 3. The van der Waals surface area contributed by atoms with Crippen LogP contribution in [0.1, 0.15) is 29.8 Å². The number of hydrogen-bond acceptors (Lipinski definition) is 6. The molecule has 0 bridgehead atoms. The van der Waals surface area contributed by atoms with Crippen molar-refractivity contribution in [3.63, 3.8) is 0 Å². The Kier molecular flexibility index (Phi) is 7.60. The normalized spacial score (nSPS) is 13.9. The maximum Gasteiger partial charge on any atom is 0.254 e. The SMILES string of the molecule is COc1ccc(C(=O)N(Cc2c(-c3ccccc3)noc2N2CCSCC2)CC(C)C)cc1. The highest BCUT2D eigenvalue weighted by Crippen LogP contribution is 2.34. The molecule has 0 spiro atoms. The first-order valence-electron chi connectivity index (χ1n) is 11.4. The van der Waals surface area contributed by atoms with E-state index in [0.29, 0.717) is 24.6 Å². The summed E-state index contributed by atoms with van der Waals surface area (Å²) in [4.78, 5) is 17.7. The summed E-state index contributed by atoms with van der Waals surface area (Å²) in [6.45, 7) is 7.16. The maximum absolute atomic E-state index is 13.6. The fourth-order valence-electron chi connectivity index (χ4n) is 4.05. The van der Waals surface area contributed by atoms with Gasteiger partial charge in [0.1, 0.15) is 11.4 Å². The monoisotopic (exact) mass is 465 g/mol. The van der Waals surface area contributed by atoms with E-state index in [2.05, 4.69) is 23.9 Å². The zero-order valence-electron chi connectivity index (χ0n) is 19.5. The van der Waals surface area contributed by atoms with Crippen LogP contribution in [0, 0.1) is 5.92 Å². The molecule has 2 aromatic carbocycles. The summed E-state index contributed by atoms with van der Waals surface area (Å²) < 4.78 is 11.2. The van der Waals surface area contributed by atoms with Crippen molar-refractivity contribution in [1.29, 1.82) is 0 Å². The second kappa shape index (κ2) is 10.8. The summed E-state index contributed by atoms with van der Waals surface area (Å²) in [6, 6.07) is 17.4. The molecule has 0 N–H and O–H groups in total. The first-order valence-corrected chi connectivity index (χ1v) is 12.5. The Labute approximate surface area is 199 Å². The molecule has 3 aromatic rings. The highest BCUT2D eigenvalue weighted by Gasteiger charge is 2.28. The van der Waals surface area contributed by atoms with E-state index in [0.717, 1.165) is 53.0 Å². The van der Waals surface area contributed by atoms with Crippen LogP contribution in [-0.2, 0) is 6.54 Å². The first kappa shape index (κ1) is 23.2. The van der Waals surface area contributed by atoms with Gasteiger partial charge in [-0.05, 0) is 30.2 Å². The Bertz CT molecular complexity index is 1040. The zero-order chi connectivity index (χ0) is 23.2. The number of rotatable bonds is 8. The van der Waals surface area contributed by atoms with Gasteiger partial charge in [0, 0.05) is 42.3 Å². The number of carbonyl (C=O) groups excluding carboxylic acids is 1. The Morgan fingerprint density at radius 2 is 1.82 bits per heavy atom. The second-order valence-corrected chi connectivity index (χ2v) is 9.81. The lowest BCUT2D eigenvalue weighted by molar-refractivity contribution is 0.0723. The Hall–Kier alpha value is -2.93. The number of ether oxygens (including phenoxy) is 1. The summed E-state index contributed by atoms with van der Waals surface area (Å²) >= 11 is 1.95. The molecule has 174 valence electrons. The maximum atomic E-state index is 13.6. The average Bonchev–Trinajstić information content (AvgIpc) is 3.27. The number of thioether (sulfide) groups is 1. The van der Waals surface area contributed by atoms with E-state index in [4.69, 9.17) is 9.26 Å². The van der Waals surface area contributed by atoms with Crippen molar-refractivity contribution in [1.82, 2.24) is 10.1 Å². The van der Waals surface area contributed by atoms with Gasteiger partial charge < -0.3 is 19.1 Å². The molecular weight excluding hydrogens is 434 g/mol. The van der Waals surface area contributed by atoms with Crippen LogP contribution in [0.5, 0.6) is 5.75 Å². The van der Waals surface area contributed by atoms with Crippen LogP contribution in [-0.4, -0.2) is 54.2 Å². The molecule has 0 aliphatic carbocycles.